The first kappa shape index (κ1) is 28.0. The van der Waals surface area contributed by atoms with Crippen LogP contribution < -0.4 is 10.7 Å². The van der Waals surface area contributed by atoms with Gasteiger partial charge in [0.1, 0.15) is 0 Å². The van der Waals surface area contributed by atoms with Crippen molar-refractivity contribution < 1.29 is 5.48 Å². The Hall–Kier alpha value is -2.10. The lowest BCUT2D eigenvalue weighted by molar-refractivity contribution is 0.524. The van der Waals surface area contributed by atoms with Crippen LogP contribution in [0.3, 0.4) is 0 Å². The fourth-order valence-corrected chi connectivity index (χ4v) is 4.83. The predicted molar refractivity (Wildman–Crippen MR) is 173 cm³/mol. The van der Waals surface area contributed by atoms with E-state index in [2.05, 4.69) is 23.8 Å². The first-order valence-corrected chi connectivity index (χ1v) is 16.7. The summed E-state index contributed by atoms with van der Waals surface area (Å²) in [6, 6.07) is 7.69. The Kier molecular flexibility index (Phi) is 17.3. The summed E-state index contributed by atoms with van der Waals surface area (Å²) in [4.78, 5) is 9.30. The molecule has 2 rings (SSSR count). The van der Waals surface area contributed by atoms with Crippen molar-refractivity contribution in [3.63, 3.8) is 0 Å². The fourth-order valence-electron chi connectivity index (χ4n) is 4.83. The maximum Gasteiger partial charge on any atom is 0.0603 e. The number of unbranched alkanes of at least 4 members (excludes halogenated alkanes) is 15. The molecule has 0 N–H and O–H groups in total. The molecule has 0 aliphatic carbocycles. The predicted octanol–water partition coefficient (Wildman–Crippen LogP) is 9.63. The first-order valence-electron chi connectivity index (χ1n) is 18.7. The molecule has 226 valence electrons. The quantitative estimate of drug-likeness (QED) is 0.110. The van der Waals surface area contributed by atoms with Crippen LogP contribution >= 0.6 is 0 Å². The van der Waals surface area contributed by atoms with Gasteiger partial charge in [0.25, 0.3) is 0 Å². The number of pyridine rings is 2. The Morgan fingerprint density at radius 3 is 1.10 bits per heavy atom. The van der Waals surface area contributed by atoms with Gasteiger partial charge in [0.15, 0.2) is 0 Å². The zero-order valence-electron chi connectivity index (χ0n) is 30.0. The summed E-state index contributed by atoms with van der Waals surface area (Å²) in [5, 5.41) is 1.86. The summed E-state index contributed by atoms with van der Waals surface area (Å²) < 4.78 is 37.4. The van der Waals surface area contributed by atoms with Crippen molar-refractivity contribution >= 4 is 0 Å². The van der Waals surface area contributed by atoms with Crippen LogP contribution in [-0.2, 0) is 13.0 Å². The average Bonchev–Trinajstić information content (AvgIpc) is 3.02. The number of hydrogen-bond donors (Lipinski definition) is 0. The zero-order chi connectivity index (χ0) is 31.9. The van der Waals surface area contributed by atoms with Gasteiger partial charge in [0, 0.05) is 56.4 Å². The largest absolute Gasteiger partial charge is 0.354 e. The number of nitrogens with zero attached hydrogens (tertiary/aromatic N) is 4. The summed E-state index contributed by atoms with van der Waals surface area (Å²) >= 11 is 0. The highest BCUT2D eigenvalue weighted by atomic mass is 14.9. The van der Waals surface area contributed by atoms with E-state index in [0.29, 0.717) is 12.8 Å². The van der Waals surface area contributed by atoms with Crippen molar-refractivity contribution in [3.8, 4) is 0 Å². The van der Waals surface area contributed by atoms with Crippen molar-refractivity contribution in [3.05, 3.63) is 59.8 Å². The highest BCUT2D eigenvalue weighted by molar-refractivity contribution is 4.94. The van der Waals surface area contributed by atoms with Gasteiger partial charge in [-0.2, -0.15) is 0 Å². The van der Waals surface area contributed by atoms with Crippen molar-refractivity contribution in [2.45, 2.75) is 155 Å². The van der Waals surface area contributed by atoms with Gasteiger partial charge in [-0.05, 0) is 49.9 Å². The highest BCUT2D eigenvalue weighted by Crippen LogP contribution is 2.10. The number of aryl methyl sites for hydroxylation is 2. The van der Waals surface area contributed by atoms with Crippen LogP contribution in [0.5, 0.6) is 0 Å². The summed E-state index contributed by atoms with van der Waals surface area (Å²) in [5.74, 6) is 0. The summed E-state index contributed by atoms with van der Waals surface area (Å²) in [7, 11) is 0. The third-order valence-corrected chi connectivity index (χ3v) is 7.43. The van der Waals surface area contributed by atoms with Gasteiger partial charge < -0.3 is 9.13 Å². The van der Waals surface area contributed by atoms with E-state index in [1.165, 1.54) is 64.2 Å². The minimum Gasteiger partial charge on any atom is -0.354 e. The monoisotopic (exact) mass is 555 g/mol. The van der Waals surface area contributed by atoms with Crippen molar-refractivity contribution in [2.75, 3.05) is 13.1 Å². The smallest absolute Gasteiger partial charge is 0.0603 e. The van der Waals surface area contributed by atoms with Crippen LogP contribution in [0.1, 0.15) is 148 Å². The van der Waals surface area contributed by atoms with Gasteiger partial charge in [-0.15, -0.1) is 0 Å². The van der Waals surface area contributed by atoms with E-state index in [4.69, 9.17) is 5.48 Å². The Morgan fingerprint density at radius 2 is 0.750 bits per heavy atom. The molecule has 2 heterocycles. The molecule has 0 saturated heterocycles. The van der Waals surface area contributed by atoms with Crippen molar-refractivity contribution in [2.24, 2.45) is 9.98 Å². The van der Waals surface area contributed by atoms with Crippen molar-refractivity contribution in [1.82, 2.24) is 9.13 Å². The Balaban J connectivity index is 1.59. The molecule has 0 amide bonds. The van der Waals surface area contributed by atoms with E-state index in [1.54, 1.807) is 9.13 Å². The summed E-state index contributed by atoms with van der Waals surface area (Å²) in [6.45, 7) is 3.36. The molecule has 0 atom stereocenters. The van der Waals surface area contributed by atoms with Gasteiger partial charge in [-0.1, -0.05) is 117 Å². The lowest BCUT2D eigenvalue weighted by Crippen LogP contribution is -2.06. The molecule has 0 aliphatic rings. The van der Waals surface area contributed by atoms with Crippen LogP contribution in [0, 0.1) is 0 Å². The third-order valence-electron chi connectivity index (χ3n) is 7.43. The van der Waals surface area contributed by atoms with Gasteiger partial charge >= 0.3 is 0 Å². The maximum atomic E-state index is 8.52. The molecular formula is C36H62N4. The van der Waals surface area contributed by atoms with Gasteiger partial charge in [0.2, 0.25) is 0 Å². The molecule has 0 aromatic carbocycles. The lowest BCUT2D eigenvalue weighted by Gasteiger charge is -2.07. The van der Waals surface area contributed by atoms with Crippen LogP contribution in [0.15, 0.2) is 59.0 Å². The van der Waals surface area contributed by atoms with Crippen LogP contribution in [0.2, 0.25) is 0 Å². The molecule has 0 aliphatic heterocycles. The van der Waals surface area contributed by atoms with E-state index >= 15 is 0 Å². The molecule has 0 radical (unpaired) electrons. The normalized spacial score (nSPS) is 13.3. The van der Waals surface area contributed by atoms with E-state index in [1.807, 2.05) is 49.1 Å². The van der Waals surface area contributed by atoms with Crippen LogP contribution in [0.4, 0.5) is 0 Å². The molecule has 40 heavy (non-hydrogen) atoms. The molecule has 0 unspecified atom stereocenters. The third kappa shape index (κ3) is 18.3. The molecule has 0 saturated carbocycles. The molecule has 4 heteroatoms. The second kappa shape index (κ2) is 24.7. The number of rotatable bonds is 25. The molecule has 2 aromatic heterocycles. The fraction of sp³-hybridized carbons (Fsp3) is 0.722. The SMILES string of the molecule is [2H]C([2H])(CCCCCCCCC([2H])([2H])n1ccc(=NCCCCCCCC)cc1)n1ccc(=NCCCCCCCC)cc1. The number of hydrogen-bond acceptors (Lipinski definition) is 2. The molecule has 0 fully saturated rings. The van der Waals surface area contributed by atoms with Crippen molar-refractivity contribution in [1.29, 1.82) is 0 Å². The number of aromatic nitrogens is 2. The van der Waals surface area contributed by atoms with E-state index < -0.39 is 13.0 Å². The minimum absolute atomic E-state index is 0.492. The van der Waals surface area contributed by atoms with Gasteiger partial charge in [0.05, 0.1) is 10.7 Å². The molecule has 0 bridgehead atoms. The van der Waals surface area contributed by atoms with E-state index in [-0.39, 0.29) is 0 Å². The standard InChI is InChI=1S/C36H62N4/c1-3-5-7-9-15-19-27-37-35-23-31-39(32-24-35)29-21-17-13-11-12-14-18-22-30-40-33-25-36(26-34-40)38-28-20-16-10-8-6-4-2/h23-26,31-34H,3-22,27-30H2,1-2H3/i29D2,30D2. The molecule has 2 aromatic rings. The maximum absolute atomic E-state index is 8.52. The first-order chi connectivity index (χ1) is 21.3. The molecular weight excluding hydrogens is 488 g/mol. The second-order valence-electron chi connectivity index (χ2n) is 11.2. The minimum atomic E-state index is -1.40. The highest BCUT2D eigenvalue weighted by Gasteiger charge is 1.96. The zero-order valence-corrected chi connectivity index (χ0v) is 26.0. The lowest BCUT2D eigenvalue weighted by atomic mass is 10.1. The second-order valence-corrected chi connectivity index (χ2v) is 11.2. The van der Waals surface area contributed by atoms with Gasteiger partial charge in [-0.25, -0.2) is 0 Å². The Morgan fingerprint density at radius 1 is 0.450 bits per heavy atom. The van der Waals surface area contributed by atoms with Crippen LogP contribution in [-0.4, -0.2) is 22.2 Å². The summed E-state index contributed by atoms with van der Waals surface area (Å²) in [5.41, 5.74) is 0. The van der Waals surface area contributed by atoms with Crippen LogP contribution in [0.25, 0.3) is 0 Å². The van der Waals surface area contributed by atoms with E-state index in [9.17, 15) is 0 Å². The Labute approximate surface area is 252 Å². The Bertz CT molecular complexity index is 1010. The molecule has 4 nitrogen and oxygen atoms in total. The van der Waals surface area contributed by atoms with E-state index in [0.717, 1.165) is 75.2 Å². The van der Waals surface area contributed by atoms with Gasteiger partial charge in [-0.3, -0.25) is 9.98 Å². The average molecular weight is 555 g/mol. The molecule has 0 spiro atoms. The topological polar surface area (TPSA) is 34.6 Å². The summed E-state index contributed by atoms with van der Waals surface area (Å²) in [6.07, 6.45) is 29.2.